The second-order valence-electron chi connectivity index (χ2n) is 5.41. The summed E-state index contributed by atoms with van der Waals surface area (Å²) in [7, 11) is 0.628. The average molecular weight is 468 g/mol. The molecule has 0 unspecified atom stereocenters. The summed E-state index contributed by atoms with van der Waals surface area (Å²) in [5.74, 6) is 0.910. The molecule has 0 radical (unpaired) electrons. The lowest BCUT2D eigenvalue weighted by molar-refractivity contribution is 0.474. The van der Waals surface area contributed by atoms with Gasteiger partial charge in [0.25, 0.3) is 0 Å². The summed E-state index contributed by atoms with van der Waals surface area (Å²) >= 11 is 0. The van der Waals surface area contributed by atoms with Crippen LogP contribution in [-0.4, -0.2) is 52.2 Å². The van der Waals surface area contributed by atoms with Gasteiger partial charge in [0.1, 0.15) is 0 Å². The molecule has 0 aliphatic carbocycles. The van der Waals surface area contributed by atoms with Gasteiger partial charge in [-0.2, -0.15) is 0 Å². The number of hydrogen-bond acceptors (Lipinski definition) is 3. The highest BCUT2D eigenvalue weighted by Gasteiger charge is 2.08. The molecule has 6 nitrogen and oxygen atoms in total. The van der Waals surface area contributed by atoms with Gasteiger partial charge < -0.3 is 10.2 Å². The number of aryl methyl sites for hydroxylation is 1. The van der Waals surface area contributed by atoms with Gasteiger partial charge >= 0.3 is 0 Å². The van der Waals surface area contributed by atoms with E-state index in [1.54, 1.807) is 14.0 Å². The maximum Gasteiger partial charge on any atom is 0.211 e. The summed E-state index contributed by atoms with van der Waals surface area (Å²) in [5, 5.41) is 3.25. The van der Waals surface area contributed by atoms with E-state index in [9.17, 15) is 8.42 Å². The van der Waals surface area contributed by atoms with Crippen molar-refractivity contribution < 1.29 is 8.42 Å². The molecule has 1 aromatic rings. The molecule has 24 heavy (non-hydrogen) atoms. The molecule has 0 aliphatic rings. The van der Waals surface area contributed by atoms with Crippen molar-refractivity contribution in [3.05, 3.63) is 35.4 Å². The highest BCUT2D eigenvalue weighted by Crippen LogP contribution is 2.09. The molecular formula is C16H29IN4O2S. The number of nitrogens with zero attached hydrogens (tertiary/aromatic N) is 2. The smallest absolute Gasteiger partial charge is 0.211 e. The molecule has 0 saturated carbocycles. The molecule has 1 rings (SSSR count). The molecular weight excluding hydrogens is 439 g/mol. The lowest BCUT2D eigenvalue weighted by Gasteiger charge is -2.23. The van der Waals surface area contributed by atoms with Gasteiger partial charge in [0, 0.05) is 33.7 Å². The zero-order valence-electron chi connectivity index (χ0n) is 14.9. The third-order valence-corrected chi connectivity index (χ3v) is 4.98. The third-order valence-electron chi connectivity index (χ3n) is 3.58. The molecule has 0 saturated heterocycles. The number of sulfonamides is 1. The monoisotopic (exact) mass is 468 g/mol. The molecule has 138 valence electrons. The number of hydrogen-bond donors (Lipinski definition) is 2. The van der Waals surface area contributed by atoms with Gasteiger partial charge in [-0.05, 0) is 31.4 Å². The Kier molecular flexibility index (Phi) is 11.2. The predicted molar refractivity (Wildman–Crippen MR) is 112 cm³/mol. The van der Waals surface area contributed by atoms with Crippen molar-refractivity contribution >= 4 is 40.0 Å². The second kappa shape index (κ2) is 11.6. The number of rotatable bonds is 8. The van der Waals surface area contributed by atoms with Crippen LogP contribution in [0.25, 0.3) is 0 Å². The fourth-order valence-electron chi connectivity index (χ4n) is 2.12. The minimum atomic E-state index is -3.11. The third kappa shape index (κ3) is 8.29. The first kappa shape index (κ1) is 23.1. The number of benzene rings is 1. The molecule has 0 spiro atoms. The van der Waals surface area contributed by atoms with Crippen molar-refractivity contribution in [2.75, 3.05) is 32.9 Å². The second-order valence-corrected chi connectivity index (χ2v) is 7.50. The molecule has 0 bridgehead atoms. The van der Waals surface area contributed by atoms with E-state index in [4.69, 9.17) is 0 Å². The minimum Gasteiger partial charge on any atom is -0.356 e. The van der Waals surface area contributed by atoms with Crippen molar-refractivity contribution in [1.29, 1.82) is 0 Å². The van der Waals surface area contributed by atoms with Crippen LogP contribution in [0, 0.1) is 6.92 Å². The lowest BCUT2D eigenvalue weighted by Crippen LogP contribution is -2.39. The van der Waals surface area contributed by atoms with Gasteiger partial charge in [-0.25, -0.2) is 13.1 Å². The standard InChI is InChI=1S/C16H28N4O2S.HI/c1-5-23(21,22)19-12-8-11-18-16(17-3)20(4)13-15-10-7-6-9-14(15)2;/h6-7,9-10,19H,5,8,11-13H2,1-4H3,(H,17,18);1H. The molecule has 2 N–H and O–H groups in total. The minimum absolute atomic E-state index is 0. The number of aliphatic imine (C=N–C) groups is 1. The SMILES string of the molecule is CCS(=O)(=O)NCCCNC(=NC)N(C)Cc1ccccc1C.I. The number of nitrogens with one attached hydrogen (secondary N) is 2. The van der Waals surface area contributed by atoms with E-state index < -0.39 is 10.0 Å². The van der Waals surface area contributed by atoms with E-state index in [0.717, 1.165) is 12.5 Å². The van der Waals surface area contributed by atoms with Crippen LogP contribution in [0.5, 0.6) is 0 Å². The van der Waals surface area contributed by atoms with Crippen LogP contribution in [0.1, 0.15) is 24.5 Å². The Bertz CT molecular complexity index is 620. The van der Waals surface area contributed by atoms with Crippen LogP contribution < -0.4 is 10.0 Å². The first-order chi connectivity index (χ1) is 10.9. The van der Waals surface area contributed by atoms with Crippen LogP contribution >= 0.6 is 24.0 Å². The van der Waals surface area contributed by atoms with Gasteiger partial charge in [0.2, 0.25) is 10.0 Å². The Balaban J connectivity index is 0.00000529. The average Bonchev–Trinajstić information content (AvgIpc) is 2.53. The van der Waals surface area contributed by atoms with Crippen molar-refractivity contribution in [3.63, 3.8) is 0 Å². The lowest BCUT2D eigenvalue weighted by atomic mass is 10.1. The van der Waals surface area contributed by atoms with Gasteiger partial charge in [0.05, 0.1) is 5.75 Å². The Hall–Kier alpha value is -0.870. The topological polar surface area (TPSA) is 73.8 Å². The van der Waals surface area contributed by atoms with Crippen molar-refractivity contribution in [2.45, 2.75) is 26.8 Å². The molecule has 0 amide bonds. The predicted octanol–water partition coefficient (Wildman–Crippen LogP) is 1.95. The van der Waals surface area contributed by atoms with Gasteiger partial charge in [-0.3, -0.25) is 4.99 Å². The highest BCUT2D eigenvalue weighted by atomic mass is 127. The fraction of sp³-hybridized carbons (Fsp3) is 0.562. The van der Waals surface area contributed by atoms with Gasteiger partial charge in [0.15, 0.2) is 5.96 Å². The molecule has 1 aromatic carbocycles. The largest absolute Gasteiger partial charge is 0.356 e. The summed E-state index contributed by atoms with van der Waals surface area (Å²) < 4.78 is 25.2. The molecule has 0 atom stereocenters. The molecule has 0 aromatic heterocycles. The zero-order chi connectivity index (χ0) is 17.3. The Morgan fingerprint density at radius 3 is 2.50 bits per heavy atom. The van der Waals surface area contributed by atoms with Gasteiger partial charge in [-0.1, -0.05) is 24.3 Å². The van der Waals surface area contributed by atoms with Crippen molar-refractivity contribution in [3.8, 4) is 0 Å². The zero-order valence-corrected chi connectivity index (χ0v) is 18.0. The van der Waals surface area contributed by atoms with Gasteiger partial charge in [-0.15, -0.1) is 24.0 Å². The van der Waals surface area contributed by atoms with Crippen LogP contribution in [0.2, 0.25) is 0 Å². The maximum atomic E-state index is 11.3. The Morgan fingerprint density at radius 1 is 1.25 bits per heavy atom. The molecule has 0 heterocycles. The summed E-state index contributed by atoms with van der Waals surface area (Å²) in [4.78, 5) is 6.32. The van der Waals surface area contributed by atoms with E-state index >= 15 is 0 Å². The van der Waals surface area contributed by atoms with Crippen LogP contribution in [0.3, 0.4) is 0 Å². The van der Waals surface area contributed by atoms with Crippen LogP contribution in [0.15, 0.2) is 29.3 Å². The van der Waals surface area contributed by atoms with E-state index in [-0.39, 0.29) is 29.7 Å². The Morgan fingerprint density at radius 2 is 1.92 bits per heavy atom. The number of guanidine groups is 1. The van der Waals surface area contributed by atoms with E-state index in [0.29, 0.717) is 19.5 Å². The van der Waals surface area contributed by atoms with E-state index in [1.807, 2.05) is 19.2 Å². The van der Waals surface area contributed by atoms with E-state index in [2.05, 4.69) is 39.0 Å². The van der Waals surface area contributed by atoms with Crippen LogP contribution in [-0.2, 0) is 16.6 Å². The summed E-state index contributed by atoms with van der Waals surface area (Å²) in [6, 6.07) is 8.27. The van der Waals surface area contributed by atoms with Crippen molar-refractivity contribution in [1.82, 2.24) is 14.9 Å². The highest BCUT2D eigenvalue weighted by molar-refractivity contribution is 14.0. The maximum absolute atomic E-state index is 11.3. The summed E-state index contributed by atoms with van der Waals surface area (Å²) in [5.41, 5.74) is 2.51. The quantitative estimate of drug-likeness (QED) is 0.265. The van der Waals surface area contributed by atoms with Crippen molar-refractivity contribution in [2.24, 2.45) is 4.99 Å². The van der Waals surface area contributed by atoms with Crippen LogP contribution in [0.4, 0.5) is 0 Å². The first-order valence-electron chi connectivity index (χ1n) is 7.83. The van der Waals surface area contributed by atoms with E-state index in [1.165, 1.54) is 11.1 Å². The summed E-state index contributed by atoms with van der Waals surface area (Å²) in [6.07, 6.45) is 0.705. The molecule has 0 fully saturated rings. The molecule has 8 heteroatoms. The number of halogens is 1. The normalized spacial score (nSPS) is 11.8. The summed E-state index contributed by atoms with van der Waals surface area (Å²) in [6.45, 7) is 5.59. The fourth-order valence-corrected chi connectivity index (χ4v) is 2.78. The molecule has 0 aliphatic heterocycles. The first-order valence-corrected chi connectivity index (χ1v) is 9.48. The Labute approximate surface area is 163 Å².